The topological polar surface area (TPSA) is 0 Å². The van der Waals surface area contributed by atoms with Crippen molar-refractivity contribution in [1.82, 2.24) is 0 Å². The first-order valence-corrected chi connectivity index (χ1v) is 7.41. The normalized spacial score (nSPS) is 10.8. The van der Waals surface area contributed by atoms with Gasteiger partial charge in [-0.05, 0) is 22.9 Å². The van der Waals surface area contributed by atoms with Gasteiger partial charge in [0, 0.05) is 10.9 Å². The van der Waals surface area contributed by atoms with Gasteiger partial charge in [-0.1, -0.05) is 24.2 Å². The smallest absolute Gasteiger partial charge is 0.163 e. The highest BCUT2D eigenvalue weighted by Gasteiger charge is 2.09. The number of alkyl halides is 1. The van der Waals surface area contributed by atoms with Crippen LogP contribution in [0.15, 0.2) is 18.2 Å². The molecule has 0 amide bonds. The molecule has 0 saturated heterocycles. The third-order valence-corrected chi connectivity index (χ3v) is 3.95. The molecule has 0 aliphatic carbocycles. The van der Waals surface area contributed by atoms with E-state index in [0.717, 1.165) is 10.8 Å². The van der Waals surface area contributed by atoms with E-state index in [2.05, 4.69) is 0 Å². The lowest BCUT2D eigenvalue weighted by molar-refractivity contribution is 1.44. The second-order valence-electron chi connectivity index (χ2n) is 2.47. The predicted molar refractivity (Wildman–Crippen MR) is 58.1 cm³/mol. The highest BCUT2D eigenvalue weighted by atomic mass is 35.6. The van der Waals surface area contributed by atoms with Gasteiger partial charge in [-0.25, -0.2) is 0 Å². The summed E-state index contributed by atoms with van der Waals surface area (Å²) in [6.07, 6.45) is 0. The van der Waals surface area contributed by atoms with E-state index in [4.69, 9.17) is 34.3 Å². The van der Waals surface area contributed by atoms with Crippen LogP contribution >= 0.6 is 34.3 Å². The van der Waals surface area contributed by atoms with Crippen molar-refractivity contribution in [3.63, 3.8) is 0 Å². The summed E-state index contributed by atoms with van der Waals surface area (Å²) >= 11 is 17.6. The Bertz CT molecular complexity index is 273. The maximum atomic E-state index is 6.04. The molecule has 0 fully saturated rings. The van der Waals surface area contributed by atoms with E-state index in [0.29, 0.717) is 10.9 Å². The van der Waals surface area contributed by atoms with Gasteiger partial charge in [0.2, 0.25) is 0 Å². The molecule has 0 heterocycles. The van der Waals surface area contributed by atoms with Crippen molar-refractivity contribution in [2.24, 2.45) is 0 Å². The van der Waals surface area contributed by atoms with Crippen molar-refractivity contribution >= 4 is 47.6 Å². The summed E-state index contributed by atoms with van der Waals surface area (Å²) in [7, 11) is -0.941. The zero-order chi connectivity index (χ0) is 9.14. The molecule has 12 heavy (non-hydrogen) atoms. The molecule has 0 nitrogen and oxygen atoms in total. The first-order chi connectivity index (χ1) is 5.65. The van der Waals surface area contributed by atoms with Crippen LogP contribution in [0.5, 0.6) is 0 Å². The van der Waals surface area contributed by atoms with E-state index in [9.17, 15) is 0 Å². The molecule has 0 N–H and O–H groups in total. The lowest BCUT2D eigenvalue weighted by atomic mass is 10.2. The van der Waals surface area contributed by atoms with Crippen molar-refractivity contribution in [3.05, 3.63) is 28.8 Å². The van der Waals surface area contributed by atoms with Crippen LogP contribution in [0.25, 0.3) is 0 Å². The molecule has 0 unspecified atom stereocenters. The minimum Gasteiger partial charge on any atom is -0.163 e. The summed E-state index contributed by atoms with van der Waals surface area (Å²) in [5.74, 6) is 0.477. The van der Waals surface area contributed by atoms with Crippen LogP contribution < -0.4 is 5.19 Å². The molecule has 0 spiro atoms. The summed E-state index contributed by atoms with van der Waals surface area (Å²) in [5, 5.41) is 1.87. The van der Waals surface area contributed by atoms with Gasteiger partial charge in [-0.3, -0.25) is 0 Å². The van der Waals surface area contributed by atoms with Crippen LogP contribution in [0.2, 0.25) is 11.6 Å². The maximum absolute atomic E-state index is 6.04. The van der Waals surface area contributed by atoms with Gasteiger partial charge in [0.1, 0.15) is 0 Å². The summed E-state index contributed by atoms with van der Waals surface area (Å²) in [6, 6.07) is 5.69. The monoisotopic (exact) mass is 237 g/mol. The zero-order valence-electron chi connectivity index (χ0n) is 6.57. The maximum Gasteiger partial charge on any atom is 0.196 e. The Morgan fingerprint density at radius 1 is 1.42 bits per heavy atom. The second kappa shape index (κ2) is 4.52. The van der Waals surface area contributed by atoms with Crippen molar-refractivity contribution in [3.8, 4) is 0 Å². The number of hydrogen-bond donors (Lipinski definition) is 0. The Balaban J connectivity index is 3.11. The largest absolute Gasteiger partial charge is 0.196 e. The molecule has 0 bridgehead atoms. The van der Waals surface area contributed by atoms with Gasteiger partial charge in [0.15, 0.2) is 8.11 Å². The van der Waals surface area contributed by atoms with E-state index < -0.39 is 8.11 Å². The molecule has 1 radical (unpaired) electrons. The van der Waals surface area contributed by atoms with Gasteiger partial charge in [0.05, 0.1) is 0 Å². The molecular weight excluding hydrogens is 231 g/mol. The average molecular weight is 239 g/mol. The first-order valence-electron chi connectivity index (χ1n) is 3.49. The fourth-order valence-corrected chi connectivity index (χ4v) is 3.01. The molecular formula is C8H8Cl3Si. The minimum atomic E-state index is -0.941. The molecule has 65 valence electrons. The second-order valence-corrected chi connectivity index (χ2v) is 6.48. The van der Waals surface area contributed by atoms with Gasteiger partial charge in [-0.2, -0.15) is 11.1 Å². The Kier molecular flexibility index (Phi) is 3.91. The fourth-order valence-electron chi connectivity index (χ4n) is 1.01. The van der Waals surface area contributed by atoms with Gasteiger partial charge >= 0.3 is 0 Å². The van der Waals surface area contributed by atoms with E-state index in [1.165, 1.54) is 0 Å². The Morgan fingerprint density at radius 3 is 2.58 bits per heavy atom. The first kappa shape index (κ1) is 10.4. The number of hydrogen-bond acceptors (Lipinski definition) is 0. The lowest BCUT2D eigenvalue weighted by Gasteiger charge is -2.07. The molecule has 1 rings (SSSR count). The standard InChI is InChI=1S/C8H8Cl3Si/c1-12(11)8-3-2-7(10)4-6(8)5-9/h2-4H,5H2,1H3. The molecule has 0 saturated carbocycles. The van der Waals surface area contributed by atoms with Crippen molar-refractivity contribution in [1.29, 1.82) is 0 Å². The van der Waals surface area contributed by atoms with Crippen LogP contribution in [-0.2, 0) is 5.88 Å². The van der Waals surface area contributed by atoms with Crippen molar-refractivity contribution in [2.75, 3.05) is 0 Å². The summed E-state index contributed by atoms with van der Waals surface area (Å²) in [6.45, 7) is 2.02. The highest BCUT2D eigenvalue weighted by Crippen LogP contribution is 2.12. The van der Waals surface area contributed by atoms with Gasteiger partial charge in [-0.15, -0.1) is 11.6 Å². The zero-order valence-corrected chi connectivity index (χ0v) is 9.84. The summed E-state index contributed by atoms with van der Waals surface area (Å²) < 4.78 is 0. The Morgan fingerprint density at radius 2 is 2.08 bits per heavy atom. The highest BCUT2D eigenvalue weighted by molar-refractivity contribution is 7.13. The minimum absolute atomic E-state index is 0.477. The predicted octanol–water partition coefficient (Wildman–Crippen LogP) is 3.15. The Hall–Kier alpha value is 0.307. The fraction of sp³-hybridized carbons (Fsp3) is 0.250. The van der Waals surface area contributed by atoms with Gasteiger partial charge < -0.3 is 0 Å². The van der Waals surface area contributed by atoms with E-state index in [1.807, 2.05) is 24.7 Å². The van der Waals surface area contributed by atoms with E-state index in [-0.39, 0.29) is 0 Å². The lowest BCUT2D eigenvalue weighted by Crippen LogP contribution is -2.24. The van der Waals surface area contributed by atoms with Crippen LogP contribution in [0, 0.1) is 0 Å². The molecule has 1 aromatic carbocycles. The molecule has 0 aliphatic heterocycles. The number of halogens is 3. The van der Waals surface area contributed by atoms with Crippen LogP contribution in [0.3, 0.4) is 0 Å². The Labute approximate surface area is 88.8 Å². The molecule has 0 atom stereocenters. The molecule has 0 aromatic heterocycles. The van der Waals surface area contributed by atoms with E-state index >= 15 is 0 Å². The van der Waals surface area contributed by atoms with Crippen LogP contribution in [0.4, 0.5) is 0 Å². The quantitative estimate of drug-likeness (QED) is 0.422. The van der Waals surface area contributed by atoms with Crippen LogP contribution in [-0.4, -0.2) is 8.11 Å². The number of rotatable bonds is 2. The number of benzene rings is 1. The van der Waals surface area contributed by atoms with Gasteiger partial charge in [0.25, 0.3) is 0 Å². The van der Waals surface area contributed by atoms with Crippen molar-refractivity contribution in [2.45, 2.75) is 12.4 Å². The summed E-state index contributed by atoms with van der Waals surface area (Å²) in [4.78, 5) is 0. The molecule has 4 heteroatoms. The third-order valence-electron chi connectivity index (χ3n) is 1.58. The molecule has 0 aliphatic rings. The van der Waals surface area contributed by atoms with Crippen LogP contribution in [0.1, 0.15) is 5.56 Å². The average Bonchev–Trinajstić information content (AvgIpc) is 2.03. The molecule has 1 aromatic rings. The SMILES string of the molecule is C[Si](Cl)c1ccc(Cl)cc1CCl. The van der Waals surface area contributed by atoms with Crippen molar-refractivity contribution < 1.29 is 0 Å². The van der Waals surface area contributed by atoms with E-state index in [1.54, 1.807) is 0 Å². The third kappa shape index (κ3) is 2.40. The summed E-state index contributed by atoms with van der Waals surface area (Å²) in [5.41, 5.74) is 1.05.